The fraction of sp³-hybridized carbons (Fsp3) is 0.238. The van der Waals surface area contributed by atoms with Crippen LogP contribution in [0.25, 0.3) is 11.1 Å². The van der Waals surface area contributed by atoms with Crippen molar-refractivity contribution in [2.75, 3.05) is 33.2 Å². The maximum absolute atomic E-state index is 14.7. The molecule has 0 saturated carbocycles. The lowest BCUT2D eigenvalue weighted by atomic mass is 9.84. The molecular weight excluding hydrogens is 693 g/mol. The van der Waals surface area contributed by atoms with Crippen LogP contribution in [-0.2, 0) is 25.9 Å². The highest BCUT2D eigenvalue weighted by molar-refractivity contribution is 7.91. The van der Waals surface area contributed by atoms with E-state index in [9.17, 15) is 13.2 Å². The van der Waals surface area contributed by atoms with Crippen LogP contribution in [0.4, 0.5) is 0 Å². The Bertz CT molecular complexity index is 2120. The van der Waals surface area contributed by atoms with Gasteiger partial charge in [-0.1, -0.05) is 78.9 Å². The average molecular weight is 735 g/mol. The zero-order chi connectivity index (χ0) is 37.3. The lowest BCUT2D eigenvalue weighted by Crippen LogP contribution is -2.49. The zero-order valence-electron chi connectivity index (χ0n) is 29.6. The van der Waals surface area contributed by atoms with E-state index >= 15 is 0 Å². The van der Waals surface area contributed by atoms with E-state index < -0.39 is 27.4 Å². The number of methoxy groups -OCH3 is 2. The van der Waals surface area contributed by atoms with Crippen LogP contribution >= 0.6 is 0 Å². The van der Waals surface area contributed by atoms with Crippen LogP contribution in [0.2, 0.25) is 0 Å². The molecule has 1 heterocycles. The van der Waals surface area contributed by atoms with Crippen LogP contribution in [0.3, 0.4) is 0 Å². The standard InChI is InChI=1S/C42H42N2O8S/c1-49-37-23-14-30(28-38(37)50-2)29-43-41(46)42(24-27-53(47,48)36-12-7-4-8-13-36)39(33-17-15-32(16-18-33)31-10-5-3-6-11-31)52-40(44-42)34-19-21-35(22-20-34)51-26-9-25-45/h3-8,10-23,28,39,45H,9,24-27,29H2,1-2H3,(H,43,46)/t39-,42-/m1/s1. The third-order valence-electron chi connectivity index (χ3n) is 9.11. The van der Waals surface area contributed by atoms with E-state index in [-0.39, 0.29) is 36.1 Å². The molecule has 2 atom stereocenters. The summed E-state index contributed by atoms with van der Waals surface area (Å²) in [6, 6.07) is 38.2. The van der Waals surface area contributed by atoms with Gasteiger partial charge in [0.15, 0.2) is 33.0 Å². The summed E-state index contributed by atoms with van der Waals surface area (Å²) in [5.41, 5.74) is 2.31. The van der Waals surface area contributed by atoms with Gasteiger partial charge in [0.2, 0.25) is 5.90 Å². The second kappa shape index (κ2) is 16.8. The maximum atomic E-state index is 14.7. The number of carbonyl (C=O) groups is 1. The van der Waals surface area contributed by atoms with Crippen molar-refractivity contribution in [3.8, 4) is 28.4 Å². The monoisotopic (exact) mass is 734 g/mol. The van der Waals surface area contributed by atoms with Crippen molar-refractivity contribution in [2.45, 2.75) is 35.9 Å². The molecule has 0 bridgehead atoms. The minimum absolute atomic E-state index is 0.0204. The molecule has 10 nitrogen and oxygen atoms in total. The van der Waals surface area contributed by atoms with Gasteiger partial charge in [-0.25, -0.2) is 13.4 Å². The first-order valence-electron chi connectivity index (χ1n) is 17.3. The highest BCUT2D eigenvalue weighted by Gasteiger charge is 2.53. The lowest BCUT2D eigenvalue weighted by molar-refractivity contribution is -0.129. The molecule has 0 fully saturated rings. The van der Waals surface area contributed by atoms with Gasteiger partial charge in [-0.3, -0.25) is 4.79 Å². The molecule has 0 aromatic heterocycles. The Morgan fingerprint density at radius 1 is 0.811 bits per heavy atom. The van der Waals surface area contributed by atoms with E-state index in [2.05, 4.69) is 5.32 Å². The van der Waals surface area contributed by atoms with Gasteiger partial charge < -0.3 is 29.4 Å². The fourth-order valence-electron chi connectivity index (χ4n) is 6.21. The van der Waals surface area contributed by atoms with Crippen molar-refractivity contribution in [3.63, 3.8) is 0 Å². The summed E-state index contributed by atoms with van der Waals surface area (Å²) < 4.78 is 50.7. The molecule has 0 saturated heterocycles. The van der Waals surface area contributed by atoms with Gasteiger partial charge in [-0.05, 0) is 70.8 Å². The van der Waals surface area contributed by atoms with Crippen LogP contribution in [0.5, 0.6) is 17.2 Å². The number of aliphatic hydroxyl groups excluding tert-OH is 1. The molecular formula is C42H42N2O8S. The van der Waals surface area contributed by atoms with Crippen LogP contribution in [0.15, 0.2) is 137 Å². The van der Waals surface area contributed by atoms with Crippen LogP contribution in [0.1, 0.15) is 35.6 Å². The molecule has 0 spiro atoms. The molecule has 5 aromatic carbocycles. The van der Waals surface area contributed by atoms with Crippen molar-refractivity contribution in [2.24, 2.45) is 4.99 Å². The number of nitrogens with one attached hydrogen (secondary N) is 1. The normalized spacial score (nSPS) is 16.7. The second-order valence-electron chi connectivity index (χ2n) is 12.5. The molecule has 274 valence electrons. The first-order chi connectivity index (χ1) is 25.8. The molecule has 0 unspecified atom stereocenters. The molecule has 1 aliphatic rings. The van der Waals surface area contributed by atoms with Crippen molar-refractivity contribution in [1.29, 1.82) is 0 Å². The Labute approximate surface area is 310 Å². The maximum Gasteiger partial charge on any atom is 0.252 e. The van der Waals surface area contributed by atoms with Crippen molar-refractivity contribution in [3.05, 3.63) is 144 Å². The average Bonchev–Trinajstić information content (AvgIpc) is 3.61. The van der Waals surface area contributed by atoms with Crippen molar-refractivity contribution in [1.82, 2.24) is 5.32 Å². The number of nitrogens with zero attached hydrogens (tertiary/aromatic N) is 1. The molecule has 11 heteroatoms. The van der Waals surface area contributed by atoms with Gasteiger partial charge in [0, 0.05) is 31.6 Å². The van der Waals surface area contributed by atoms with Gasteiger partial charge in [-0.2, -0.15) is 0 Å². The van der Waals surface area contributed by atoms with E-state index in [0.29, 0.717) is 41.4 Å². The molecule has 5 aromatic rings. The Hall–Kier alpha value is -5.65. The van der Waals surface area contributed by atoms with Crippen molar-refractivity contribution >= 4 is 21.6 Å². The van der Waals surface area contributed by atoms with E-state index in [1.807, 2.05) is 60.7 Å². The number of amides is 1. The summed E-state index contributed by atoms with van der Waals surface area (Å²) in [4.78, 5) is 19.9. The minimum Gasteiger partial charge on any atom is -0.494 e. The molecule has 53 heavy (non-hydrogen) atoms. The number of ether oxygens (including phenoxy) is 4. The number of hydrogen-bond acceptors (Lipinski definition) is 9. The van der Waals surface area contributed by atoms with Gasteiger partial charge in [0.05, 0.1) is 31.5 Å². The minimum atomic E-state index is -3.82. The van der Waals surface area contributed by atoms with E-state index in [4.69, 9.17) is 29.0 Å². The van der Waals surface area contributed by atoms with Gasteiger partial charge in [0.1, 0.15) is 5.75 Å². The first-order valence-corrected chi connectivity index (χ1v) is 18.9. The van der Waals surface area contributed by atoms with E-state index in [1.165, 1.54) is 7.11 Å². The first kappa shape index (κ1) is 37.1. The molecule has 0 radical (unpaired) electrons. The summed E-state index contributed by atoms with van der Waals surface area (Å²) in [7, 11) is -0.734. The van der Waals surface area contributed by atoms with Crippen LogP contribution < -0.4 is 19.5 Å². The predicted molar refractivity (Wildman–Crippen MR) is 203 cm³/mol. The third-order valence-corrected chi connectivity index (χ3v) is 10.8. The van der Waals surface area contributed by atoms with E-state index in [0.717, 1.165) is 16.7 Å². The SMILES string of the molecule is COc1ccc(CNC(=O)[C@]2(CCS(=O)(=O)c3ccccc3)N=C(c3ccc(OCCCO)cc3)O[C@@H]2c2ccc(-c3ccccc3)cc2)cc1OC. The fourth-order valence-corrected chi connectivity index (χ4v) is 7.60. The zero-order valence-corrected chi connectivity index (χ0v) is 30.4. The second-order valence-corrected chi connectivity index (χ2v) is 14.6. The highest BCUT2D eigenvalue weighted by Crippen LogP contribution is 2.44. The Kier molecular flexibility index (Phi) is 11.8. The number of carbonyl (C=O) groups excluding carboxylic acids is 1. The molecule has 0 aliphatic carbocycles. The molecule has 6 rings (SSSR count). The number of hydrogen-bond donors (Lipinski definition) is 2. The summed E-state index contributed by atoms with van der Waals surface area (Å²) >= 11 is 0. The summed E-state index contributed by atoms with van der Waals surface area (Å²) in [5.74, 6) is 0.993. The Morgan fingerprint density at radius 3 is 2.11 bits per heavy atom. The summed E-state index contributed by atoms with van der Waals surface area (Å²) in [6.07, 6.45) is -0.646. The number of aliphatic hydroxyl groups is 1. The number of rotatable bonds is 16. The number of benzene rings is 5. The van der Waals surface area contributed by atoms with Crippen LogP contribution in [0, 0.1) is 0 Å². The lowest BCUT2D eigenvalue weighted by Gasteiger charge is -2.31. The quantitative estimate of drug-likeness (QED) is 0.109. The number of aliphatic imine (C=N–C) groups is 1. The summed E-state index contributed by atoms with van der Waals surface area (Å²) in [6.45, 7) is 0.483. The molecule has 1 aliphatic heterocycles. The van der Waals surface area contributed by atoms with E-state index in [1.54, 1.807) is 73.8 Å². The topological polar surface area (TPSA) is 133 Å². The number of sulfone groups is 1. The molecule has 1 amide bonds. The van der Waals surface area contributed by atoms with Gasteiger partial charge >= 0.3 is 0 Å². The summed E-state index contributed by atoms with van der Waals surface area (Å²) in [5, 5.41) is 12.2. The highest BCUT2D eigenvalue weighted by atomic mass is 32.2. The smallest absolute Gasteiger partial charge is 0.252 e. The predicted octanol–water partition coefficient (Wildman–Crippen LogP) is 6.57. The van der Waals surface area contributed by atoms with Crippen molar-refractivity contribution < 1.29 is 37.3 Å². The third kappa shape index (κ3) is 8.54. The van der Waals surface area contributed by atoms with Gasteiger partial charge in [0.25, 0.3) is 5.91 Å². The Balaban J connectivity index is 1.40. The van der Waals surface area contributed by atoms with Crippen LogP contribution in [-0.4, -0.2) is 64.1 Å². The Morgan fingerprint density at radius 2 is 1.45 bits per heavy atom. The molecule has 2 N–H and O–H groups in total. The van der Waals surface area contributed by atoms with Gasteiger partial charge in [-0.15, -0.1) is 0 Å². The largest absolute Gasteiger partial charge is 0.494 e.